The van der Waals surface area contributed by atoms with Crippen LogP contribution in [0.15, 0.2) is 18.2 Å². The molecule has 0 spiro atoms. The Morgan fingerprint density at radius 2 is 2.04 bits per heavy atom. The molecule has 1 atom stereocenters. The predicted molar refractivity (Wildman–Crippen MR) is 97.0 cm³/mol. The Kier molecular flexibility index (Phi) is 6.60. The maximum atomic E-state index is 12.1. The second kappa shape index (κ2) is 8.89. The van der Waals surface area contributed by atoms with Gasteiger partial charge in [-0.2, -0.15) is 5.26 Å². The largest absolute Gasteiger partial charge is 0.454 e. The Bertz CT molecular complexity index is 808. The Morgan fingerprint density at radius 3 is 2.59 bits per heavy atom. The summed E-state index contributed by atoms with van der Waals surface area (Å²) in [6.45, 7) is 2.08. The molecule has 0 amide bonds. The number of hydrogen-bond donors (Lipinski definition) is 1. The summed E-state index contributed by atoms with van der Waals surface area (Å²) >= 11 is 0. The number of nitro groups is 1. The van der Waals surface area contributed by atoms with Gasteiger partial charge in [-0.3, -0.25) is 14.9 Å². The molecule has 1 aromatic rings. The number of nitriles is 1. The molecule has 2 rings (SSSR count). The van der Waals surface area contributed by atoms with Crippen LogP contribution in [-0.4, -0.2) is 42.1 Å². The number of carbonyl (C=O) groups excluding carboxylic acids is 2. The molecule has 0 saturated carbocycles. The number of benzene rings is 1. The fourth-order valence-corrected chi connectivity index (χ4v) is 2.91. The van der Waals surface area contributed by atoms with Gasteiger partial charge in [-0.05, 0) is 38.3 Å². The number of nitrogens with one attached hydrogen (secondary N) is 1. The fourth-order valence-electron chi connectivity index (χ4n) is 2.91. The van der Waals surface area contributed by atoms with E-state index in [0.29, 0.717) is 5.69 Å². The van der Waals surface area contributed by atoms with E-state index in [1.54, 1.807) is 6.07 Å². The van der Waals surface area contributed by atoms with Crippen molar-refractivity contribution in [1.29, 1.82) is 10.7 Å². The quantitative estimate of drug-likeness (QED) is 0.336. The Labute approximate surface area is 156 Å². The van der Waals surface area contributed by atoms with E-state index >= 15 is 0 Å². The zero-order valence-corrected chi connectivity index (χ0v) is 14.9. The summed E-state index contributed by atoms with van der Waals surface area (Å²) in [5.41, 5.74) is 0.0784. The lowest BCUT2D eigenvalue weighted by Gasteiger charge is -2.28. The summed E-state index contributed by atoms with van der Waals surface area (Å²) in [6, 6.07) is 5.75. The predicted octanol–water partition coefficient (Wildman–Crippen LogP) is 2.49. The van der Waals surface area contributed by atoms with Gasteiger partial charge in [0.1, 0.15) is 11.6 Å². The molecule has 1 aromatic carbocycles. The second-order valence-corrected chi connectivity index (χ2v) is 6.30. The third-order valence-corrected chi connectivity index (χ3v) is 4.33. The van der Waals surface area contributed by atoms with E-state index in [4.69, 9.17) is 15.4 Å². The summed E-state index contributed by atoms with van der Waals surface area (Å²) in [5, 5.41) is 27.7. The van der Waals surface area contributed by atoms with Gasteiger partial charge in [0, 0.05) is 24.9 Å². The molecule has 1 unspecified atom stereocenters. The molecular weight excluding hydrogens is 352 g/mol. The van der Waals surface area contributed by atoms with Crippen molar-refractivity contribution in [2.75, 3.05) is 24.6 Å². The van der Waals surface area contributed by atoms with Gasteiger partial charge in [0.05, 0.1) is 16.6 Å². The van der Waals surface area contributed by atoms with E-state index in [1.807, 2.05) is 4.90 Å². The molecule has 9 nitrogen and oxygen atoms in total. The molecular formula is C18H20N4O5. The van der Waals surface area contributed by atoms with Crippen molar-refractivity contribution in [2.45, 2.75) is 26.2 Å². The number of nitrogens with zero attached hydrogens (tertiary/aromatic N) is 3. The van der Waals surface area contributed by atoms with E-state index in [0.717, 1.165) is 38.4 Å². The third-order valence-electron chi connectivity index (χ3n) is 4.33. The van der Waals surface area contributed by atoms with Crippen molar-refractivity contribution < 1.29 is 19.2 Å². The van der Waals surface area contributed by atoms with Crippen molar-refractivity contribution in [2.24, 2.45) is 5.92 Å². The van der Waals surface area contributed by atoms with Crippen LogP contribution >= 0.6 is 0 Å². The first-order chi connectivity index (χ1) is 12.8. The Balaban J connectivity index is 2.13. The van der Waals surface area contributed by atoms with Crippen molar-refractivity contribution in [1.82, 2.24) is 0 Å². The average molecular weight is 372 g/mol. The highest BCUT2D eigenvalue weighted by Gasteiger charge is 2.25. The van der Waals surface area contributed by atoms with Crippen LogP contribution in [0.3, 0.4) is 0 Å². The molecule has 1 N–H and O–H groups in total. The van der Waals surface area contributed by atoms with Crippen molar-refractivity contribution in [3.05, 3.63) is 33.9 Å². The minimum Gasteiger partial charge on any atom is -0.454 e. The van der Waals surface area contributed by atoms with E-state index < -0.39 is 29.2 Å². The fraction of sp³-hybridized carbons (Fsp3) is 0.444. The highest BCUT2D eigenvalue weighted by atomic mass is 16.6. The lowest BCUT2D eigenvalue weighted by molar-refractivity contribution is -0.384. The number of ketones is 1. The summed E-state index contributed by atoms with van der Waals surface area (Å²) in [4.78, 5) is 36.8. The number of nitro benzene ring substituents is 1. The molecule has 0 bridgehead atoms. The minimum absolute atomic E-state index is 0.0460. The van der Waals surface area contributed by atoms with E-state index in [1.165, 1.54) is 19.1 Å². The van der Waals surface area contributed by atoms with Gasteiger partial charge in [-0.15, -0.1) is 0 Å². The molecule has 1 aliphatic heterocycles. The van der Waals surface area contributed by atoms with Gasteiger partial charge >= 0.3 is 5.97 Å². The van der Waals surface area contributed by atoms with Gasteiger partial charge in [0.25, 0.3) is 5.69 Å². The van der Waals surface area contributed by atoms with Crippen LogP contribution in [0.25, 0.3) is 0 Å². The number of piperidine rings is 1. The van der Waals surface area contributed by atoms with Gasteiger partial charge < -0.3 is 15.0 Å². The maximum absolute atomic E-state index is 12.1. The lowest BCUT2D eigenvalue weighted by atomic mass is 10.0. The van der Waals surface area contributed by atoms with Gasteiger partial charge in [-0.1, -0.05) is 0 Å². The van der Waals surface area contributed by atoms with Crippen molar-refractivity contribution in [3.8, 4) is 6.07 Å². The molecule has 27 heavy (non-hydrogen) atoms. The Morgan fingerprint density at radius 1 is 1.37 bits per heavy atom. The lowest BCUT2D eigenvalue weighted by Crippen LogP contribution is -2.30. The molecule has 142 valence electrons. The summed E-state index contributed by atoms with van der Waals surface area (Å²) in [7, 11) is 0. The smallest absolute Gasteiger partial charge is 0.338 e. The zero-order chi connectivity index (χ0) is 20.0. The first-order valence-electron chi connectivity index (χ1n) is 8.53. The van der Waals surface area contributed by atoms with Crippen LogP contribution in [-0.2, 0) is 9.53 Å². The number of rotatable bonds is 7. The monoisotopic (exact) mass is 372 g/mol. The van der Waals surface area contributed by atoms with Crippen molar-refractivity contribution in [3.63, 3.8) is 0 Å². The van der Waals surface area contributed by atoms with Crippen LogP contribution in [0.5, 0.6) is 0 Å². The first-order valence-corrected chi connectivity index (χ1v) is 8.53. The van der Waals surface area contributed by atoms with Crippen LogP contribution < -0.4 is 4.90 Å². The zero-order valence-electron chi connectivity index (χ0n) is 14.9. The first kappa shape index (κ1) is 20.0. The summed E-state index contributed by atoms with van der Waals surface area (Å²) < 4.78 is 4.87. The number of hydrogen-bond acceptors (Lipinski definition) is 8. The van der Waals surface area contributed by atoms with Crippen molar-refractivity contribution >= 4 is 28.8 Å². The van der Waals surface area contributed by atoms with Crippen LogP contribution in [0.1, 0.15) is 36.5 Å². The molecule has 1 heterocycles. The standard InChI is InChI=1S/C18H20N4O5/c1-12(20)14(10-19)17(23)11-27-18(24)13-5-6-15(16(9-13)22(25)26)21-7-3-2-4-8-21/h5-6,9,14,20H,2-4,7-8,11H2,1H3. The molecule has 1 fully saturated rings. The number of esters is 1. The SMILES string of the molecule is CC(=N)C(C#N)C(=O)COC(=O)c1ccc(N2CCCCC2)c([N+](=O)[O-])c1. The summed E-state index contributed by atoms with van der Waals surface area (Å²) in [5.74, 6) is -2.87. The molecule has 1 aliphatic rings. The second-order valence-electron chi connectivity index (χ2n) is 6.30. The van der Waals surface area contributed by atoms with Gasteiger partial charge in [0.2, 0.25) is 0 Å². The highest BCUT2D eigenvalue weighted by molar-refractivity contribution is 6.06. The molecule has 0 aliphatic carbocycles. The maximum Gasteiger partial charge on any atom is 0.338 e. The van der Waals surface area contributed by atoms with Gasteiger partial charge in [-0.25, -0.2) is 4.79 Å². The topological polar surface area (TPSA) is 137 Å². The van der Waals surface area contributed by atoms with E-state index in [-0.39, 0.29) is 17.0 Å². The normalized spacial score (nSPS) is 14.7. The summed E-state index contributed by atoms with van der Waals surface area (Å²) in [6.07, 6.45) is 2.99. The Hall–Kier alpha value is -3.28. The van der Waals surface area contributed by atoms with E-state index in [2.05, 4.69) is 0 Å². The van der Waals surface area contributed by atoms with E-state index in [9.17, 15) is 19.7 Å². The molecule has 1 saturated heterocycles. The van der Waals surface area contributed by atoms with Crippen LogP contribution in [0, 0.1) is 32.8 Å². The number of carbonyl (C=O) groups is 2. The minimum atomic E-state index is -1.27. The number of Topliss-reactive ketones (excluding diaryl/α,β-unsaturated/α-hetero) is 1. The highest BCUT2D eigenvalue weighted by Crippen LogP contribution is 2.31. The number of ether oxygens (including phenoxy) is 1. The molecule has 0 aromatic heterocycles. The van der Waals surface area contributed by atoms with Gasteiger partial charge in [0.15, 0.2) is 12.4 Å². The molecule has 9 heteroatoms. The average Bonchev–Trinajstić information content (AvgIpc) is 2.66. The van der Waals surface area contributed by atoms with Crippen LogP contribution in [0.2, 0.25) is 0 Å². The third kappa shape index (κ3) is 4.88. The number of anilines is 1. The molecule has 0 radical (unpaired) electrons. The van der Waals surface area contributed by atoms with Crippen LogP contribution in [0.4, 0.5) is 11.4 Å².